The van der Waals surface area contributed by atoms with Gasteiger partial charge in [-0.25, -0.2) is 8.42 Å². The first-order chi connectivity index (χ1) is 14.3. The van der Waals surface area contributed by atoms with Crippen molar-refractivity contribution in [3.05, 3.63) is 68.7 Å². The second kappa shape index (κ2) is 8.09. The van der Waals surface area contributed by atoms with Gasteiger partial charge >= 0.3 is 0 Å². The van der Waals surface area contributed by atoms with E-state index in [4.69, 9.17) is 0 Å². The molecule has 158 valence electrons. The first kappa shape index (κ1) is 21.0. The number of nitro benzene ring substituents is 1. The normalized spacial score (nSPS) is 22.0. The Bertz CT molecular complexity index is 1080. The van der Waals surface area contributed by atoms with Gasteiger partial charge in [0, 0.05) is 42.6 Å². The first-order valence-electron chi connectivity index (χ1n) is 9.57. The molecule has 1 heterocycles. The van der Waals surface area contributed by atoms with Gasteiger partial charge in [0.2, 0.25) is 15.9 Å². The predicted octanol–water partition coefficient (Wildman–Crippen LogP) is 2.99. The van der Waals surface area contributed by atoms with Crippen LogP contribution in [0.5, 0.6) is 0 Å². The molecule has 1 saturated carbocycles. The molecule has 0 bridgehead atoms. The molecule has 1 saturated heterocycles. The molecule has 2 unspecified atom stereocenters. The van der Waals surface area contributed by atoms with Crippen molar-refractivity contribution in [2.45, 2.75) is 17.2 Å². The van der Waals surface area contributed by atoms with Crippen molar-refractivity contribution in [1.29, 1.82) is 0 Å². The predicted molar refractivity (Wildman–Crippen MR) is 113 cm³/mol. The number of halogens is 1. The van der Waals surface area contributed by atoms with Crippen LogP contribution in [0.1, 0.15) is 17.9 Å². The third-order valence-electron chi connectivity index (χ3n) is 5.64. The minimum absolute atomic E-state index is 0.0469. The van der Waals surface area contributed by atoms with Gasteiger partial charge in [-0.15, -0.1) is 0 Å². The summed E-state index contributed by atoms with van der Waals surface area (Å²) >= 11 is 3.41. The van der Waals surface area contributed by atoms with Gasteiger partial charge in [-0.05, 0) is 36.1 Å². The minimum atomic E-state index is -4.00. The summed E-state index contributed by atoms with van der Waals surface area (Å²) in [5, 5.41) is 11.2. The number of piperazine rings is 1. The Balaban J connectivity index is 1.40. The van der Waals surface area contributed by atoms with E-state index in [-0.39, 0.29) is 48.8 Å². The van der Waals surface area contributed by atoms with Gasteiger partial charge in [0.15, 0.2) is 4.90 Å². The van der Waals surface area contributed by atoms with E-state index in [9.17, 15) is 23.3 Å². The maximum absolute atomic E-state index is 12.9. The zero-order valence-corrected chi connectivity index (χ0v) is 18.4. The highest BCUT2D eigenvalue weighted by atomic mass is 79.9. The number of nitrogens with zero attached hydrogens (tertiary/aromatic N) is 3. The quantitative estimate of drug-likeness (QED) is 0.470. The molecule has 2 aromatic carbocycles. The third kappa shape index (κ3) is 3.99. The molecule has 2 fully saturated rings. The summed E-state index contributed by atoms with van der Waals surface area (Å²) in [7, 11) is -4.00. The highest BCUT2D eigenvalue weighted by Gasteiger charge is 2.46. The van der Waals surface area contributed by atoms with Crippen LogP contribution in [0.4, 0.5) is 5.69 Å². The highest BCUT2D eigenvalue weighted by molar-refractivity contribution is 9.10. The van der Waals surface area contributed by atoms with Crippen molar-refractivity contribution in [3.63, 3.8) is 0 Å². The Hall–Kier alpha value is -2.30. The van der Waals surface area contributed by atoms with Gasteiger partial charge in [0.25, 0.3) is 5.69 Å². The molecule has 10 heteroatoms. The van der Waals surface area contributed by atoms with Crippen molar-refractivity contribution in [1.82, 2.24) is 9.21 Å². The monoisotopic (exact) mass is 493 g/mol. The summed E-state index contributed by atoms with van der Waals surface area (Å²) in [5.74, 6) is 0.189. The summed E-state index contributed by atoms with van der Waals surface area (Å²) in [6.07, 6.45) is 0.801. The lowest BCUT2D eigenvalue weighted by Crippen LogP contribution is -2.51. The molecule has 4 rings (SSSR count). The molecular weight excluding hydrogens is 474 g/mol. The topological polar surface area (TPSA) is 101 Å². The van der Waals surface area contributed by atoms with Crippen molar-refractivity contribution in [3.8, 4) is 0 Å². The molecule has 0 N–H and O–H groups in total. The summed E-state index contributed by atoms with van der Waals surface area (Å²) in [5.41, 5.74) is 0.695. The standard InChI is InChI=1S/C20H20BrN3O5S/c21-15-7-5-14(6-8-15)16-13-17(16)20(25)22-9-11-23(12-10-22)30(28,29)19-4-2-1-3-18(19)24(26)27/h1-8,16-17H,9-13H2. The molecule has 1 amide bonds. The Morgan fingerprint density at radius 2 is 1.67 bits per heavy atom. The lowest BCUT2D eigenvalue weighted by Gasteiger charge is -2.34. The molecule has 0 aromatic heterocycles. The number of benzene rings is 2. The molecule has 1 aliphatic heterocycles. The number of amides is 1. The zero-order valence-electron chi connectivity index (χ0n) is 16.0. The van der Waals surface area contributed by atoms with Gasteiger partial charge in [0.05, 0.1) is 4.92 Å². The van der Waals surface area contributed by atoms with E-state index < -0.39 is 20.6 Å². The summed E-state index contributed by atoms with van der Waals surface area (Å²) < 4.78 is 28.0. The van der Waals surface area contributed by atoms with E-state index in [2.05, 4.69) is 15.9 Å². The van der Waals surface area contributed by atoms with Crippen LogP contribution in [0.2, 0.25) is 0 Å². The lowest BCUT2D eigenvalue weighted by atomic mass is 10.1. The zero-order chi connectivity index (χ0) is 21.5. The maximum atomic E-state index is 12.9. The molecular formula is C20H20BrN3O5S. The molecule has 0 radical (unpaired) electrons. The van der Waals surface area contributed by atoms with Crippen molar-refractivity contribution in [2.24, 2.45) is 5.92 Å². The van der Waals surface area contributed by atoms with E-state index in [1.54, 1.807) is 4.90 Å². The number of hydrogen-bond donors (Lipinski definition) is 0. The molecule has 2 aliphatic rings. The number of nitro groups is 1. The van der Waals surface area contributed by atoms with Crippen LogP contribution in [0.3, 0.4) is 0 Å². The van der Waals surface area contributed by atoms with Crippen molar-refractivity contribution in [2.75, 3.05) is 26.2 Å². The Kier molecular flexibility index (Phi) is 5.65. The summed E-state index contributed by atoms with van der Waals surface area (Å²) in [6.45, 7) is 0.802. The van der Waals surface area contributed by atoms with Crippen LogP contribution in [0.15, 0.2) is 57.9 Å². The molecule has 0 spiro atoms. The molecule has 8 nitrogen and oxygen atoms in total. The van der Waals surface area contributed by atoms with Crippen LogP contribution >= 0.6 is 15.9 Å². The van der Waals surface area contributed by atoms with E-state index in [1.807, 2.05) is 24.3 Å². The lowest BCUT2D eigenvalue weighted by molar-refractivity contribution is -0.387. The molecule has 1 aliphatic carbocycles. The van der Waals surface area contributed by atoms with E-state index in [1.165, 1.54) is 28.6 Å². The summed E-state index contributed by atoms with van der Waals surface area (Å²) in [4.78, 5) is 24.7. The second-order valence-electron chi connectivity index (χ2n) is 7.45. The highest BCUT2D eigenvalue weighted by Crippen LogP contribution is 2.48. The van der Waals surface area contributed by atoms with Crippen molar-refractivity contribution < 1.29 is 18.1 Å². The average Bonchev–Trinajstić information content (AvgIpc) is 3.54. The smallest absolute Gasteiger partial charge is 0.289 e. The van der Waals surface area contributed by atoms with E-state index in [0.29, 0.717) is 0 Å². The van der Waals surface area contributed by atoms with Crippen LogP contribution in [0, 0.1) is 16.0 Å². The molecule has 30 heavy (non-hydrogen) atoms. The number of hydrogen-bond acceptors (Lipinski definition) is 5. The molecule has 2 atom stereocenters. The largest absolute Gasteiger partial charge is 0.340 e. The number of carbonyl (C=O) groups excluding carboxylic acids is 1. The molecule has 2 aromatic rings. The fourth-order valence-corrected chi connectivity index (χ4v) is 5.74. The van der Waals surface area contributed by atoms with Crippen molar-refractivity contribution >= 4 is 37.5 Å². The fraction of sp³-hybridized carbons (Fsp3) is 0.350. The third-order valence-corrected chi connectivity index (χ3v) is 8.11. The number of para-hydroxylation sites is 1. The first-order valence-corrected chi connectivity index (χ1v) is 11.8. The summed E-state index contributed by atoms with van der Waals surface area (Å²) in [6, 6.07) is 13.3. The number of carbonyl (C=O) groups is 1. The number of rotatable bonds is 5. The van der Waals surface area contributed by atoms with Gasteiger partial charge in [0.1, 0.15) is 0 Å². The Labute approximate surface area is 182 Å². The maximum Gasteiger partial charge on any atom is 0.289 e. The van der Waals surface area contributed by atoms with Gasteiger partial charge < -0.3 is 4.90 Å². The Morgan fingerprint density at radius 1 is 1.03 bits per heavy atom. The van der Waals surface area contributed by atoms with Gasteiger partial charge in [-0.1, -0.05) is 40.2 Å². The van der Waals surface area contributed by atoms with E-state index in [0.717, 1.165) is 16.5 Å². The van der Waals surface area contributed by atoms with Crippen LogP contribution < -0.4 is 0 Å². The fourth-order valence-electron chi connectivity index (χ4n) is 3.89. The van der Waals surface area contributed by atoms with E-state index >= 15 is 0 Å². The Morgan fingerprint density at radius 3 is 2.30 bits per heavy atom. The van der Waals surface area contributed by atoms with Gasteiger partial charge in [-0.2, -0.15) is 4.31 Å². The SMILES string of the molecule is O=C(C1CC1c1ccc(Br)cc1)N1CCN(S(=O)(=O)c2ccccc2[N+](=O)[O-])CC1. The minimum Gasteiger partial charge on any atom is -0.340 e. The number of sulfonamides is 1. The second-order valence-corrected chi connectivity index (χ2v) is 10.3. The van der Waals surface area contributed by atoms with Crippen LogP contribution in [0.25, 0.3) is 0 Å². The average molecular weight is 494 g/mol. The van der Waals surface area contributed by atoms with Crippen LogP contribution in [-0.2, 0) is 14.8 Å². The van der Waals surface area contributed by atoms with Gasteiger partial charge in [-0.3, -0.25) is 14.9 Å². The van der Waals surface area contributed by atoms with Crippen LogP contribution in [-0.4, -0.2) is 54.6 Å².